The molecule has 2 aromatic carbocycles. The van der Waals surface area contributed by atoms with Gasteiger partial charge in [0, 0.05) is 20.9 Å². The minimum absolute atomic E-state index is 0.205. The van der Waals surface area contributed by atoms with Crippen LogP contribution in [0.4, 0.5) is 13.2 Å². The highest BCUT2D eigenvalue weighted by Gasteiger charge is 2.31. The number of alkyl halides is 3. The van der Waals surface area contributed by atoms with Gasteiger partial charge in [-0.2, -0.15) is 13.2 Å². The van der Waals surface area contributed by atoms with Crippen molar-refractivity contribution in [3.8, 4) is 22.8 Å². The number of methoxy groups -OCH3 is 2. The van der Waals surface area contributed by atoms with Crippen molar-refractivity contribution >= 4 is 26.8 Å². The molecule has 1 heterocycles. The van der Waals surface area contributed by atoms with Crippen LogP contribution in [-0.2, 0) is 6.42 Å². The largest absolute Gasteiger partial charge is 0.493 e. The fraction of sp³-hybridized carbons (Fsp3) is 0.222. The average Bonchev–Trinajstić information content (AvgIpc) is 2.90. The van der Waals surface area contributed by atoms with Crippen molar-refractivity contribution in [3.63, 3.8) is 0 Å². The van der Waals surface area contributed by atoms with E-state index in [0.717, 1.165) is 4.47 Å². The molecule has 132 valence electrons. The van der Waals surface area contributed by atoms with E-state index in [0.29, 0.717) is 33.7 Å². The third kappa shape index (κ3) is 3.61. The molecule has 3 aromatic rings. The number of fused-ring (bicyclic) bond motifs is 1. The Morgan fingerprint density at radius 2 is 1.72 bits per heavy atom. The van der Waals surface area contributed by atoms with E-state index in [9.17, 15) is 13.2 Å². The minimum atomic E-state index is -4.32. The summed E-state index contributed by atoms with van der Waals surface area (Å²) in [4.78, 5) is 3.10. The summed E-state index contributed by atoms with van der Waals surface area (Å²) in [5.74, 6) is 0.972. The van der Waals surface area contributed by atoms with Crippen LogP contribution < -0.4 is 9.47 Å². The Kier molecular flexibility index (Phi) is 4.69. The number of benzene rings is 2. The summed E-state index contributed by atoms with van der Waals surface area (Å²) in [6.45, 7) is 0. The van der Waals surface area contributed by atoms with Crippen LogP contribution in [0.3, 0.4) is 0 Å². The van der Waals surface area contributed by atoms with Crippen molar-refractivity contribution in [3.05, 3.63) is 46.4 Å². The Morgan fingerprint density at radius 3 is 2.36 bits per heavy atom. The van der Waals surface area contributed by atoms with Crippen LogP contribution in [0, 0.1) is 0 Å². The van der Waals surface area contributed by atoms with Gasteiger partial charge in [-0.3, -0.25) is 0 Å². The Morgan fingerprint density at radius 1 is 1.00 bits per heavy atom. The van der Waals surface area contributed by atoms with Crippen LogP contribution in [0.15, 0.2) is 40.9 Å². The number of H-pyrrole nitrogens is 1. The van der Waals surface area contributed by atoms with Crippen molar-refractivity contribution in [1.29, 1.82) is 0 Å². The van der Waals surface area contributed by atoms with E-state index in [1.807, 2.05) is 0 Å². The molecule has 7 heteroatoms. The smallest absolute Gasteiger partial charge is 0.393 e. The van der Waals surface area contributed by atoms with Crippen LogP contribution >= 0.6 is 15.9 Å². The molecule has 0 fully saturated rings. The molecule has 0 unspecified atom stereocenters. The molecule has 3 nitrogen and oxygen atoms in total. The maximum Gasteiger partial charge on any atom is 0.393 e. The lowest BCUT2D eigenvalue weighted by Gasteiger charge is -2.11. The van der Waals surface area contributed by atoms with Crippen molar-refractivity contribution in [2.45, 2.75) is 12.6 Å². The molecule has 0 aliphatic rings. The molecule has 0 aliphatic carbocycles. The summed E-state index contributed by atoms with van der Waals surface area (Å²) < 4.78 is 50.6. The molecule has 0 amide bonds. The zero-order valence-corrected chi connectivity index (χ0v) is 15.1. The van der Waals surface area contributed by atoms with Gasteiger partial charge in [0.1, 0.15) is 0 Å². The van der Waals surface area contributed by atoms with Gasteiger partial charge < -0.3 is 14.5 Å². The topological polar surface area (TPSA) is 34.2 Å². The number of hydrogen-bond donors (Lipinski definition) is 1. The highest BCUT2D eigenvalue weighted by Crippen LogP contribution is 2.39. The maximum atomic E-state index is 13.1. The van der Waals surface area contributed by atoms with E-state index in [1.54, 1.807) is 36.4 Å². The molecule has 1 aromatic heterocycles. The van der Waals surface area contributed by atoms with Gasteiger partial charge in [-0.25, -0.2) is 0 Å². The van der Waals surface area contributed by atoms with E-state index >= 15 is 0 Å². The van der Waals surface area contributed by atoms with E-state index in [4.69, 9.17) is 9.47 Å². The van der Waals surface area contributed by atoms with Gasteiger partial charge in [0.25, 0.3) is 0 Å². The lowest BCUT2D eigenvalue weighted by molar-refractivity contribution is -0.126. The first-order chi connectivity index (χ1) is 11.8. The first-order valence-electron chi connectivity index (χ1n) is 7.41. The van der Waals surface area contributed by atoms with Crippen LogP contribution in [-0.4, -0.2) is 25.4 Å². The molecule has 0 saturated carbocycles. The summed E-state index contributed by atoms with van der Waals surface area (Å²) in [6.07, 6.45) is -5.34. The van der Waals surface area contributed by atoms with Crippen molar-refractivity contribution in [2.24, 2.45) is 0 Å². The molecule has 0 spiro atoms. The standard InChI is InChI=1S/C18H15BrF3NO2/c1-24-15-6-3-10(7-16(15)25-2)17-13(9-18(20,21)22)12-8-11(19)4-5-14(12)23-17/h3-8,23H,9H2,1-2H3. The van der Waals surface area contributed by atoms with Gasteiger partial charge in [0.2, 0.25) is 0 Å². The number of ether oxygens (including phenoxy) is 2. The van der Waals surface area contributed by atoms with Crippen LogP contribution in [0.25, 0.3) is 22.2 Å². The lowest BCUT2D eigenvalue weighted by Crippen LogP contribution is -2.12. The lowest BCUT2D eigenvalue weighted by atomic mass is 10.0. The van der Waals surface area contributed by atoms with Crippen molar-refractivity contribution in [2.75, 3.05) is 14.2 Å². The number of halogens is 4. The zero-order chi connectivity index (χ0) is 18.2. The Hall–Kier alpha value is -2.15. The van der Waals surface area contributed by atoms with Crippen LogP contribution in [0.5, 0.6) is 11.5 Å². The van der Waals surface area contributed by atoms with Crippen molar-refractivity contribution < 1.29 is 22.6 Å². The SMILES string of the molecule is COc1ccc(-c2[nH]c3ccc(Br)cc3c2CC(F)(F)F)cc1OC. The third-order valence-corrected chi connectivity index (χ3v) is 4.41. The van der Waals surface area contributed by atoms with E-state index in [-0.39, 0.29) is 5.56 Å². The molecular weight excluding hydrogens is 399 g/mol. The second-order valence-corrected chi connectivity index (χ2v) is 6.45. The number of aromatic amines is 1. The highest BCUT2D eigenvalue weighted by molar-refractivity contribution is 9.10. The van der Waals surface area contributed by atoms with E-state index in [2.05, 4.69) is 20.9 Å². The highest BCUT2D eigenvalue weighted by atomic mass is 79.9. The van der Waals surface area contributed by atoms with Gasteiger partial charge >= 0.3 is 6.18 Å². The summed E-state index contributed by atoms with van der Waals surface area (Å²) >= 11 is 3.32. The summed E-state index contributed by atoms with van der Waals surface area (Å²) in [5.41, 5.74) is 1.87. The molecule has 1 N–H and O–H groups in total. The fourth-order valence-electron chi connectivity index (χ4n) is 2.84. The monoisotopic (exact) mass is 413 g/mol. The predicted molar refractivity (Wildman–Crippen MR) is 94.3 cm³/mol. The van der Waals surface area contributed by atoms with Crippen molar-refractivity contribution in [1.82, 2.24) is 4.98 Å². The average molecular weight is 414 g/mol. The molecule has 0 saturated heterocycles. The van der Waals surface area contributed by atoms with Gasteiger partial charge in [0.15, 0.2) is 11.5 Å². The van der Waals surface area contributed by atoms with Gasteiger partial charge in [0.05, 0.1) is 26.3 Å². The Balaban J connectivity index is 2.23. The molecule has 0 atom stereocenters. The first-order valence-corrected chi connectivity index (χ1v) is 8.21. The molecular formula is C18H15BrF3NO2. The molecule has 0 radical (unpaired) electrons. The second-order valence-electron chi connectivity index (χ2n) is 5.53. The quantitative estimate of drug-likeness (QED) is 0.593. The summed E-state index contributed by atoms with van der Waals surface area (Å²) in [7, 11) is 2.99. The van der Waals surface area contributed by atoms with Gasteiger partial charge in [-0.05, 0) is 42.0 Å². The second kappa shape index (κ2) is 6.63. The number of rotatable bonds is 4. The van der Waals surface area contributed by atoms with Crippen LogP contribution in [0.1, 0.15) is 5.56 Å². The predicted octanol–water partition coefficient (Wildman–Crippen LogP) is 5.72. The maximum absolute atomic E-state index is 13.1. The van der Waals surface area contributed by atoms with E-state index < -0.39 is 12.6 Å². The fourth-order valence-corrected chi connectivity index (χ4v) is 3.20. The normalized spacial score (nSPS) is 11.8. The van der Waals surface area contributed by atoms with E-state index in [1.165, 1.54) is 14.2 Å². The third-order valence-electron chi connectivity index (χ3n) is 3.92. The molecule has 25 heavy (non-hydrogen) atoms. The number of hydrogen-bond acceptors (Lipinski definition) is 2. The number of aromatic nitrogens is 1. The Labute approximate surface area is 150 Å². The zero-order valence-electron chi connectivity index (χ0n) is 13.5. The molecule has 0 bridgehead atoms. The number of nitrogens with one attached hydrogen (secondary N) is 1. The Bertz CT molecular complexity index is 919. The summed E-state index contributed by atoms with van der Waals surface area (Å²) in [5, 5.41) is 0.538. The molecule has 3 rings (SSSR count). The van der Waals surface area contributed by atoms with Crippen LogP contribution in [0.2, 0.25) is 0 Å². The molecule has 0 aliphatic heterocycles. The minimum Gasteiger partial charge on any atom is -0.493 e. The van der Waals surface area contributed by atoms with Gasteiger partial charge in [-0.15, -0.1) is 0 Å². The summed E-state index contributed by atoms with van der Waals surface area (Å²) in [6, 6.07) is 10.3. The van der Waals surface area contributed by atoms with Gasteiger partial charge in [-0.1, -0.05) is 15.9 Å². The first kappa shape index (κ1) is 17.7.